The zero-order valence-corrected chi connectivity index (χ0v) is 13.9. The molecule has 0 saturated carbocycles. The average Bonchev–Trinajstić information content (AvgIpc) is 2.43. The molecular formula is C18H34O3. The standard InChI is InChI=1S/C18H34O3/c1-3-4-5-6-7-8-9-10-11-12-13-14-15-17(16(2)19)18(20)21/h8-9,16-17,19H,3-7,10-15H2,1-2H3,(H,20,21). The van der Waals surface area contributed by atoms with Crippen molar-refractivity contribution in [3.63, 3.8) is 0 Å². The lowest BCUT2D eigenvalue weighted by Gasteiger charge is -2.14. The molecule has 0 spiro atoms. The number of allylic oxidation sites excluding steroid dienone is 2. The normalized spacial score (nSPS) is 14.4. The number of rotatable bonds is 14. The fraction of sp³-hybridized carbons (Fsp3) is 0.833. The number of unbranched alkanes of at least 4 members (excludes halogenated alkanes) is 8. The Hall–Kier alpha value is -0.830. The van der Waals surface area contributed by atoms with Gasteiger partial charge in [-0.25, -0.2) is 0 Å². The highest BCUT2D eigenvalue weighted by Crippen LogP contribution is 2.15. The lowest BCUT2D eigenvalue weighted by atomic mass is 9.96. The molecule has 0 bridgehead atoms. The third-order valence-electron chi connectivity index (χ3n) is 3.93. The van der Waals surface area contributed by atoms with Gasteiger partial charge in [-0.05, 0) is 39.0 Å². The van der Waals surface area contributed by atoms with Crippen molar-refractivity contribution >= 4 is 5.97 Å². The predicted octanol–water partition coefficient (Wildman–Crippen LogP) is 4.94. The Kier molecular flexibility index (Phi) is 13.6. The molecule has 0 heterocycles. The highest BCUT2D eigenvalue weighted by molar-refractivity contribution is 5.70. The van der Waals surface area contributed by atoms with Gasteiger partial charge in [-0.3, -0.25) is 4.79 Å². The minimum Gasteiger partial charge on any atom is -0.481 e. The van der Waals surface area contributed by atoms with Crippen molar-refractivity contribution in [1.82, 2.24) is 0 Å². The third kappa shape index (κ3) is 12.6. The number of aliphatic hydroxyl groups is 1. The molecule has 2 atom stereocenters. The molecule has 0 fully saturated rings. The van der Waals surface area contributed by atoms with Crippen molar-refractivity contribution < 1.29 is 15.0 Å². The van der Waals surface area contributed by atoms with Gasteiger partial charge in [-0.15, -0.1) is 0 Å². The molecule has 0 rings (SSSR count). The van der Waals surface area contributed by atoms with Crippen LogP contribution in [-0.4, -0.2) is 22.3 Å². The lowest BCUT2D eigenvalue weighted by molar-refractivity contribution is -0.145. The Morgan fingerprint density at radius 1 is 0.952 bits per heavy atom. The number of aliphatic hydroxyl groups excluding tert-OH is 1. The van der Waals surface area contributed by atoms with E-state index in [1.54, 1.807) is 6.92 Å². The van der Waals surface area contributed by atoms with Crippen LogP contribution in [0.4, 0.5) is 0 Å². The van der Waals surface area contributed by atoms with Crippen molar-refractivity contribution in [2.75, 3.05) is 0 Å². The highest BCUT2D eigenvalue weighted by atomic mass is 16.4. The summed E-state index contributed by atoms with van der Waals surface area (Å²) in [7, 11) is 0. The molecule has 21 heavy (non-hydrogen) atoms. The quantitative estimate of drug-likeness (QED) is 0.353. The van der Waals surface area contributed by atoms with Gasteiger partial charge in [0.2, 0.25) is 0 Å². The molecule has 0 saturated heterocycles. The van der Waals surface area contributed by atoms with Crippen molar-refractivity contribution in [2.24, 2.45) is 5.92 Å². The smallest absolute Gasteiger partial charge is 0.309 e. The van der Waals surface area contributed by atoms with Crippen LogP contribution in [-0.2, 0) is 4.79 Å². The number of hydrogen-bond acceptors (Lipinski definition) is 2. The monoisotopic (exact) mass is 298 g/mol. The van der Waals surface area contributed by atoms with Gasteiger partial charge in [0, 0.05) is 0 Å². The summed E-state index contributed by atoms with van der Waals surface area (Å²) in [5.41, 5.74) is 0. The summed E-state index contributed by atoms with van der Waals surface area (Å²) in [6.07, 6.45) is 16.3. The van der Waals surface area contributed by atoms with E-state index in [1.165, 1.54) is 38.5 Å². The number of carbonyl (C=O) groups is 1. The molecule has 0 aromatic rings. The first-order valence-corrected chi connectivity index (χ1v) is 8.65. The first-order valence-electron chi connectivity index (χ1n) is 8.65. The van der Waals surface area contributed by atoms with Crippen molar-refractivity contribution in [1.29, 1.82) is 0 Å². The van der Waals surface area contributed by atoms with Crippen LogP contribution in [0.3, 0.4) is 0 Å². The molecule has 2 unspecified atom stereocenters. The molecule has 0 aromatic carbocycles. The van der Waals surface area contributed by atoms with Gasteiger partial charge in [0.05, 0.1) is 12.0 Å². The van der Waals surface area contributed by atoms with Gasteiger partial charge in [0.15, 0.2) is 0 Å². The van der Waals surface area contributed by atoms with Gasteiger partial charge < -0.3 is 10.2 Å². The Morgan fingerprint density at radius 2 is 1.48 bits per heavy atom. The maximum atomic E-state index is 10.9. The van der Waals surface area contributed by atoms with Crippen LogP contribution < -0.4 is 0 Å². The molecule has 0 aliphatic heterocycles. The molecule has 0 radical (unpaired) electrons. The van der Waals surface area contributed by atoms with Crippen molar-refractivity contribution in [3.05, 3.63) is 12.2 Å². The van der Waals surface area contributed by atoms with Crippen LogP contribution >= 0.6 is 0 Å². The van der Waals surface area contributed by atoms with Crippen LogP contribution in [0.15, 0.2) is 12.2 Å². The summed E-state index contributed by atoms with van der Waals surface area (Å²) in [5, 5.41) is 18.3. The second-order valence-corrected chi connectivity index (χ2v) is 6.00. The average molecular weight is 298 g/mol. The molecule has 2 N–H and O–H groups in total. The van der Waals surface area contributed by atoms with Gasteiger partial charge in [-0.2, -0.15) is 0 Å². The van der Waals surface area contributed by atoms with Gasteiger partial charge in [0.1, 0.15) is 0 Å². The summed E-state index contributed by atoms with van der Waals surface area (Å²) in [5.74, 6) is -1.48. The molecule has 3 heteroatoms. The van der Waals surface area contributed by atoms with E-state index in [-0.39, 0.29) is 0 Å². The first-order chi connectivity index (χ1) is 10.1. The van der Waals surface area contributed by atoms with Crippen molar-refractivity contribution in [3.8, 4) is 0 Å². The van der Waals surface area contributed by atoms with E-state index in [2.05, 4.69) is 19.1 Å². The van der Waals surface area contributed by atoms with Crippen LogP contribution in [0.1, 0.15) is 84.5 Å². The van der Waals surface area contributed by atoms with E-state index in [0.717, 1.165) is 25.7 Å². The Morgan fingerprint density at radius 3 is 1.95 bits per heavy atom. The van der Waals surface area contributed by atoms with Crippen LogP contribution in [0.2, 0.25) is 0 Å². The number of carboxylic acid groups (broad SMARTS) is 1. The summed E-state index contributed by atoms with van der Waals surface area (Å²) in [6, 6.07) is 0. The number of aliphatic carboxylic acids is 1. The minimum atomic E-state index is -0.879. The van der Waals surface area contributed by atoms with Gasteiger partial charge in [-0.1, -0.05) is 57.6 Å². The Balaban J connectivity index is 3.39. The first kappa shape index (κ1) is 20.2. The second-order valence-electron chi connectivity index (χ2n) is 6.00. The van der Waals surface area contributed by atoms with Crippen molar-refractivity contribution in [2.45, 2.75) is 90.6 Å². The topological polar surface area (TPSA) is 57.5 Å². The second kappa shape index (κ2) is 14.1. The maximum absolute atomic E-state index is 10.9. The van der Waals surface area contributed by atoms with E-state index in [9.17, 15) is 9.90 Å². The van der Waals surface area contributed by atoms with E-state index < -0.39 is 18.0 Å². The Labute approximate surface area is 130 Å². The lowest BCUT2D eigenvalue weighted by Crippen LogP contribution is -2.25. The van der Waals surface area contributed by atoms with E-state index in [1.807, 2.05) is 0 Å². The molecule has 3 nitrogen and oxygen atoms in total. The molecule has 0 amide bonds. The molecule has 0 aliphatic rings. The van der Waals surface area contributed by atoms with Crippen LogP contribution in [0.25, 0.3) is 0 Å². The predicted molar refractivity (Wildman–Crippen MR) is 88.4 cm³/mol. The molecular weight excluding hydrogens is 264 g/mol. The van der Waals surface area contributed by atoms with E-state index >= 15 is 0 Å². The van der Waals surface area contributed by atoms with Crippen LogP contribution in [0.5, 0.6) is 0 Å². The fourth-order valence-electron chi connectivity index (χ4n) is 2.48. The zero-order chi connectivity index (χ0) is 15.9. The largest absolute Gasteiger partial charge is 0.481 e. The molecule has 0 aromatic heterocycles. The zero-order valence-electron chi connectivity index (χ0n) is 13.9. The van der Waals surface area contributed by atoms with Crippen LogP contribution in [0, 0.1) is 5.92 Å². The van der Waals surface area contributed by atoms with E-state index in [0.29, 0.717) is 6.42 Å². The van der Waals surface area contributed by atoms with Gasteiger partial charge >= 0.3 is 5.97 Å². The molecule has 124 valence electrons. The van der Waals surface area contributed by atoms with E-state index in [4.69, 9.17) is 5.11 Å². The third-order valence-corrected chi connectivity index (χ3v) is 3.93. The molecule has 0 aliphatic carbocycles. The summed E-state index contributed by atoms with van der Waals surface area (Å²) >= 11 is 0. The highest BCUT2D eigenvalue weighted by Gasteiger charge is 2.21. The Bertz CT molecular complexity index is 272. The fourth-order valence-corrected chi connectivity index (χ4v) is 2.48. The van der Waals surface area contributed by atoms with Gasteiger partial charge in [0.25, 0.3) is 0 Å². The minimum absolute atomic E-state index is 0.584. The number of hydrogen-bond donors (Lipinski definition) is 2. The SMILES string of the molecule is CCCCCCC=CCCCCCCC(C(=O)O)C(C)O. The number of carboxylic acids is 1. The summed E-state index contributed by atoms with van der Waals surface area (Å²) in [6.45, 7) is 3.79. The summed E-state index contributed by atoms with van der Waals surface area (Å²) in [4.78, 5) is 10.9. The maximum Gasteiger partial charge on any atom is 0.309 e. The summed E-state index contributed by atoms with van der Waals surface area (Å²) < 4.78 is 0.